The Hall–Kier alpha value is -1.89. The molecule has 1 heteroatoms. The molecule has 2 aromatic carbocycles. The molecule has 0 unspecified atom stereocenters. The molecule has 0 bridgehead atoms. The fourth-order valence-corrected chi connectivity index (χ4v) is 1.70. The molecular weight excluding hydrogens is 218 g/mol. The molecule has 0 saturated heterocycles. The van der Waals surface area contributed by atoms with Crippen LogP contribution in [-0.2, 0) is 0 Å². The molecule has 0 atom stereocenters. The predicted molar refractivity (Wildman–Crippen MR) is 80.4 cm³/mol. The summed E-state index contributed by atoms with van der Waals surface area (Å²) in [5.41, 5.74) is 3.43. The summed E-state index contributed by atoms with van der Waals surface area (Å²) in [5.74, 6) is 0. The molecule has 2 aromatic rings. The maximum Gasteiger partial charge on any atom is 0.0718 e. The highest BCUT2D eigenvalue weighted by Crippen LogP contribution is 2.10. The Kier molecular flexibility index (Phi) is 6.49. The standard InChI is InChI=1S/C15H15N.C2H6/c1-2-16-15(13-9-5-3-6-10-13)14-11-7-4-8-12-14;1-2/h3-12H,2H2,1H3;1-2H3. The molecule has 1 nitrogen and oxygen atoms in total. The Morgan fingerprint density at radius 3 is 1.50 bits per heavy atom. The summed E-state index contributed by atoms with van der Waals surface area (Å²) < 4.78 is 0. The maximum absolute atomic E-state index is 4.58. The molecule has 0 N–H and O–H groups in total. The lowest BCUT2D eigenvalue weighted by Gasteiger charge is -2.06. The largest absolute Gasteiger partial charge is 0.284 e. The number of hydrogen-bond acceptors (Lipinski definition) is 1. The lowest BCUT2D eigenvalue weighted by molar-refractivity contribution is 1.13. The van der Waals surface area contributed by atoms with Crippen LogP contribution in [0.2, 0.25) is 0 Å². The minimum atomic E-state index is 0.805. The zero-order valence-electron chi connectivity index (χ0n) is 11.4. The second-order valence-corrected chi connectivity index (χ2v) is 3.55. The molecule has 0 aliphatic rings. The molecule has 0 spiro atoms. The van der Waals surface area contributed by atoms with E-state index >= 15 is 0 Å². The maximum atomic E-state index is 4.58. The lowest BCUT2D eigenvalue weighted by Crippen LogP contribution is -2.03. The van der Waals surface area contributed by atoms with Gasteiger partial charge in [-0.1, -0.05) is 74.5 Å². The molecule has 0 amide bonds. The highest BCUT2D eigenvalue weighted by atomic mass is 14.7. The Labute approximate surface area is 110 Å². The third kappa shape index (κ3) is 3.85. The molecule has 0 aliphatic carbocycles. The number of nitrogens with zero attached hydrogens (tertiary/aromatic N) is 1. The van der Waals surface area contributed by atoms with Crippen LogP contribution in [0, 0.1) is 0 Å². The first kappa shape index (κ1) is 14.2. The van der Waals surface area contributed by atoms with Crippen molar-refractivity contribution in [1.29, 1.82) is 0 Å². The summed E-state index contributed by atoms with van der Waals surface area (Å²) in [6.07, 6.45) is 0. The van der Waals surface area contributed by atoms with Gasteiger partial charge in [-0.25, -0.2) is 0 Å². The van der Waals surface area contributed by atoms with Gasteiger partial charge in [0.05, 0.1) is 5.71 Å². The fourth-order valence-electron chi connectivity index (χ4n) is 1.70. The van der Waals surface area contributed by atoms with Crippen molar-refractivity contribution in [3.63, 3.8) is 0 Å². The normalized spacial score (nSPS) is 9.06. The molecule has 0 saturated carbocycles. The smallest absolute Gasteiger partial charge is 0.0718 e. The Morgan fingerprint density at radius 2 is 1.17 bits per heavy atom. The van der Waals surface area contributed by atoms with Crippen LogP contribution in [-0.4, -0.2) is 12.3 Å². The molecule has 0 aliphatic heterocycles. The van der Waals surface area contributed by atoms with Crippen molar-refractivity contribution in [2.75, 3.05) is 6.54 Å². The van der Waals surface area contributed by atoms with Crippen LogP contribution in [0.3, 0.4) is 0 Å². The number of aliphatic imine (C=N–C) groups is 1. The van der Waals surface area contributed by atoms with E-state index in [9.17, 15) is 0 Å². The average molecular weight is 239 g/mol. The van der Waals surface area contributed by atoms with Crippen LogP contribution >= 0.6 is 0 Å². The summed E-state index contributed by atoms with van der Waals surface area (Å²) in [7, 11) is 0. The van der Waals surface area contributed by atoms with E-state index in [0.29, 0.717) is 0 Å². The van der Waals surface area contributed by atoms with Crippen LogP contribution in [0.1, 0.15) is 31.9 Å². The van der Waals surface area contributed by atoms with Crippen molar-refractivity contribution in [3.8, 4) is 0 Å². The summed E-state index contributed by atoms with van der Waals surface area (Å²) in [5, 5.41) is 0. The quantitative estimate of drug-likeness (QED) is 0.696. The van der Waals surface area contributed by atoms with Gasteiger partial charge in [0.1, 0.15) is 0 Å². The van der Waals surface area contributed by atoms with Gasteiger partial charge in [-0.05, 0) is 6.92 Å². The van der Waals surface area contributed by atoms with Crippen LogP contribution in [0.15, 0.2) is 65.7 Å². The third-order valence-corrected chi connectivity index (χ3v) is 2.41. The van der Waals surface area contributed by atoms with Gasteiger partial charge in [-0.2, -0.15) is 0 Å². The predicted octanol–water partition coefficient (Wildman–Crippen LogP) is 4.57. The van der Waals surface area contributed by atoms with Crippen molar-refractivity contribution < 1.29 is 0 Å². The average Bonchev–Trinajstić information content (AvgIpc) is 2.49. The van der Waals surface area contributed by atoms with Crippen molar-refractivity contribution in [1.82, 2.24) is 0 Å². The number of hydrogen-bond donors (Lipinski definition) is 0. The second kappa shape index (κ2) is 8.24. The number of benzene rings is 2. The van der Waals surface area contributed by atoms with Gasteiger partial charge in [0.15, 0.2) is 0 Å². The Morgan fingerprint density at radius 1 is 0.778 bits per heavy atom. The van der Waals surface area contributed by atoms with E-state index in [-0.39, 0.29) is 0 Å². The number of rotatable bonds is 3. The van der Waals surface area contributed by atoms with Gasteiger partial charge in [0.2, 0.25) is 0 Å². The van der Waals surface area contributed by atoms with Crippen LogP contribution in [0.25, 0.3) is 0 Å². The van der Waals surface area contributed by atoms with Gasteiger partial charge in [-0.15, -0.1) is 0 Å². The Bertz CT molecular complexity index is 416. The second-order valence-electron chi connectivity index (χ2n) is 3.55. The fraction of sp³-hybridized carbons (Fsp3) is 0.235. The molecule has 18 heavy (non-hydrogen) atoms. The van der Waals surface area contributed by atoms with E-state index in [1.54, 1.807) is 0 Å². The molecule has 0 heterocycles. The monoisotopic (exact) mass is 239 g/mol. The zero-order chi connectivity index (χ0) is 13.2. The summed E-state index contributed by atoms with van der Waals surface area (Å²) >= 11 is 0. The summed E-state index contributed by atoms with van der Waals surface area (Å²) in [6, 6.07) is 20.6. The van der Waals surface area contributed by atoms with E-state index in [1.807, 2.05) is 50.2 Å². The van der Waals surface area contributed by atoms with E-state index in [1.165, 1.54) is 11.1 Å². The van der Waals surface area contributed by atoms with Crippen molar-refractivity contribution in [2.24, 2.45) is 4.99 Å². The molecule has 2 rings (SSSR count). The minimum absolute atomic E-state index is 0.805. The Balaban J connectivity index is 0.000000771. The van der Waals surface area contributed by atoms with Gasteiger partial charge >= 0.3 is 0 Å². The van der Waals surface area contributed by atoms with Gasteiger partial charge in [0.25, 0.3) is 0 Å². The minimum Gasteiger partial charge on any atom is -0.284 e. The van der Waals surface area contributed by atoms with E-state index < -0.39 is 0 Å². The molecule has 0 aromatic heterocycles. The van der Waals surface area contributed by atoms with Crippen molar-refractivity contribution >= 4 is 5.71 Å². The lowest BCUT2D eigenvalue weighted by atomic mass is 10.0. The van der Waals surface area contributed by atoms with Crippen molar-refractivity contribution in [2.45, 2.75) is 20.8 Å². The van der Waals surface area contributed by atoms with E-state index in [2.05, 4.69) is 36.2 Å². The van der Waals surface area contributed by atoms with E-state index in [0.717, 1.165) is 12.3 Å². The first-order valence-corrected chi connectivity index (χ1v) is 6.57. The molecular formula is C17H21N. The molecule has 0 radical (unpaired) electrons. The highest BCUT2D eigenvalue weighted by molar-refractivity contribution is 6.12. The van der Waals surface area contributed by atoms with Gasteiger partial charge in [-0.3, -0.25) is 4.99 Å². The highest BCUT2D eigenvalue weighted by Gasteiger charge is 2.04. The van der Waals surface area contributed by atoms with Gasteiger partial charge < -0.3 is 0 Å². The van der Waals surface area contributed by atoms with Crippen LogP contribution in [0.5, 0.6) is 0 Å². The first-order chi connectivity index (χ1) is 8.92. The molecule has 94 valence electrons. The van der Waals surface area contributed by atoms with Gasteiger partial charge in [0, 0.05) is 17.7 Å². The van der Waals surface area contributed by atoms with Crippen LogP contribution in [0.4, 0.5) is 0 Å². The van der Waals surface area contributed by atoms with Crippen molar-refractivity contribution in [3.05, 3.63) is 71.8 Å². The topological polar surface area (TPSA) is 12.4 Å². The SMILES string of the molecule is CC.CCN=C(c1ccccc1)c1ccccc1. The van der Waals surface area contributed by atoms with E-state index in [4.69, 9.17) is 0 Å². The zero-order valence-corrected chi connectivity index (χ0v) is 11.4. The summed E-state index contributed by atoms with van der Waals surface area (Å²) in [6.45, 7) is 6.87. The first-order valence-electron chi connectivity index (χ1n) is 6.57. The molecule has 0 fully saturated rings. The summed E-state index contributed by atoms with van der Waals surface area (Å²) in [4.78, 5) is 4.58. The van der Waals surface area contributed by atoms with Crippen LogP contribution < -0.4 is 0 Å². The third-order valence-electron chi connectivity index (χ3n) is 2.41.